The van der Waals surface area contributed by atoms with Crippen molar-refractivity contribution in [2.75, 3.05) is 5.73 Å². The summed E-state index contributed by atoms with van der Waals surface area (Å²) in [5.74, 6) is -55.2. The third-order valence-electron chi connectivity index (χ3n) is 3.84. The second-order valence-corrected chi connectivity index (χ2v) is 6.21. The Morgan fingerprint density at radius 1 is 0.618 bits per heavy atom. The average Bonchev–Trinajstić information content (AvgIpc) is 2.65. The molecule has 1 rings (SSSR count). The molecule has 0 bridgehead atoms. The van der Waals surface area contributed by atoms with Crippen LogP contribution in [0.5, 0.6) is 5.75 Å². The number of rotatable bonds is 8. The van der Waals surface area contributed by atoms with E-state index in [0.717, 1.165) is 12.1 Å². The Balaban J connectivity index is 3.59. The fourth-order valence-corrected chi connectivity index (χ4v) is 1.95. The van der Waals surface area contributed by atoms with Crippen molar-refractivity contribution in [1.29, 1.82) is 0 Å². The summed E-state index contributed by atoms with van der Waals surface area (Å²) in [6, 6.07) is -0.622. The molecule has 0 radical (unpaired) electrons. The molecule has 0 amide bonds. The van der Waals surface area contributed by atoms with Crippen LogP contribution in [-0.2, 0) is 0 Å². The van der Waals surface area contributed by atoms with E-state index < -0.39 is 59.3 Å². The van der Waals surface area contributed by atoms with Gasteiger partial charge in [-0.3, -0.25) is 0 Å². The van der Waals surface area contributed by atoms with Crippen molar-refractivity contribution >= 4 is 5.69 Å². The van der Waals surface area contributed by atoms with Gasteiger partial charge in [-0.25, -0.2) is 0 Å². The van der Waals surface area contributed by atoms with E-state index in [1.807, 2.05) is 0 Å². The molecule has 2 nitrogen and oxygen atoms in total. The molecule has 0 aliphatic heterocycles. The number of benzene rings is 1. The highest BCUT2D eigenvalue weighted by Gasteiger charge is 2.93. The van der Waals surface area contributed by atoms with Crippen LogP contribution >= 0.6 is 0 Å². The molecule has 34 heavy (non-hydrogen) atoms. The summed E-state index contributed by atoms with van der Waals surface area (Å²) in [4.78, 5) is 0. The van der Waals surface area contributed by atoms with E-state index in [1.165, 1.54) is 0 Å². The summed E-state index contributed by atoms with van der Waals surface area (Å²) in [6.45, 7) is 0. The van der Waals surface area contributed by atoms with Crippen molar-refractivity contribution in [3.8, 4) is 5.75 Å². The van der Waals surface area contributed by atoms with Gasteiger partial charge >= 0.3 is 47.7 Å². The molecule has 1 aromatic carbocycles. The standard InChI is InChI=1S/C15H6F17NO/c16-7(8(17)34-6-3-1-2-5(33)4-6)9(18,19)10(20,21)11(22,23)12(24,25)13(26,27)14(28,29)15(30,31)32/h1-4H,33H2. The van der Waals surface area contributed by atoms with Gasteiger partial charge in [0.05, 0.1) is 0 Å². The molecule has 19 heteroatoms. The third kappa shape index (κ3) is 4.16. The molecule has 0 heterocycles. The second kappa shape index (κ2) is 8.24. The van der Waals surface area contributed by atoms with E-state index in [4.69, 9.17) is 5.73 Å². The minimum atomic E-state index is -8.63. The maximum Gasteiger partial charge on any atom is 0.460 e. The van der Waals surface area contributed by atoms with E-state index in [1.54, 1.807) is 0 Å². The van der Waals surface area contributed by atoms with Crippen LogP contribution in [0.2, 0.25) is 0 Å². The van der Waals surface area contributed by atoms with Gasteiger partial charge in [0.25, 0.3) is 0 Å². The maximum atomic E-state index is 13.6. The smallest absolute Gasteiger partial charge is 0.430 e. The number of allylic oxidation sites excluding steroid dienone is 1. The largest absolute Gasteiger partial charge is 0.460 e. The van der Waals surface area contributed by atoms with Crippen LogP contribution in [0.15, 0.2) is 36.1 Å². The number of alkyl halides is 15. The van der Waals surface area contributed by atoms with Crippen LogP contribution < -0.4 is 10.5 Å². The molecule has 0 unspecified atom stereocenters. The van der Waals surface area contributed by atoms with Gasteiger partial charge in [-0.15, -0.1) is 0 Å². The van der Waals surface area contributed by atoms with Gasteiger partial charge in [-0.05, 0) is 12.1 Å². The molecule has 0 aliphatic carbocycles. The highest BCUT2D eigenvalue weighted by atomic mass is 19.4. The number of nitrogens with two attached hydrogens (primary N) is 1. The first kappa shape index (κ1) is 29.4. The lowest BCUT2D eigenvalue weighted by Gasteiger charge is -2.41. The highest BCUT2D eigenvalue weighted by Crippen LogP contribution is 2.63. The van der Waals surface area contributed by atoms with Crippen molar-refractivity contribution in [2.45, 2.75) is 41.7 Å². The second-order valence-electron chi connectivity index (χ2n) is 6.21. The van der Waals surface area contributed by atoms with Crippen LogP contribution in [0.1, 0.15) is 0 Å². The molecule has 0 fully saturated rings. The minimum absolute atomic E-state index is 0.373. The fraction of sp³-hybridized carbons (Fsp3) is 0.467. The average molecular weight is 539 g/mol. The summed E-state index contributed by atoms with van der Waals surface area (Å²) in [7, 11) is 0. The summed E-state index contributed by atoms with van der Waals surface area (Å²) < 4.78 is 226. The Labute approximate surface area is 175 Å². The molecule has 0 aromatic heterocycles. The molecular formula is C15H6F17NO. The number of halogens is 17. The van der Waals surface area contributed by atoms with Crippen molar-refractivity contribution in [3.05, 3.63) is 36.1 Å². The fourth-order valence-electron chi connectivity index (χ4n) is 1.95. The van der Waals surface area contributed by atoms with Gasteiger partial charge in [-0.1, -0.05) is 6.07 Å². The number of hydrogen-bond acceptors (Lipinski definition) is 2. The topological polar surface area (TPSA) is 35.2 Å². The van der Waals surface area contributed by atoms with Crippen molar-refractivity contribution in [1.82, 2.24) is 0 Å². The zero-order valence-electron chi connectivity index (χ0n) is 15.2. The Bertz CT molecular complexity index is 933. The van der Waals surface area contributed by atoms with Crippen LogP contribution in [-0.4, -0.2) is 41.7 Å². The number of anilines is 1. The normalized spacial score (nSPS) is 15.8. The summed E-state index contributed by atoms with van der Waals surface area (Å²) in [5.41, 5.74) is 4.73. The Hall–Kier alpha value is -2.63. The van der Waals surface area contributed by atoms with Gasteiger partial charge in [0.2, 0.25) is 5.83 Å². The Morgan fingerprint density at radius 2 is 1.03 bits per heavy atom. The van der Waals surface area contributed by atoms with Crippen LogP contribution in [0.3, 0.4) is 0 Å². The third-order valence-corrected chi connectivity index (χ3v) is 3.84. The van der Waals surface area contributed by atoms with Crippen LogP contribution in [0.4, 0.5) is 80.3 Å². The van der Waals surface area contributed by atoms with Crippen molar-refractivity contribution < 1.29 is 79.4 Å². The van der Waals surface area contributed by atoms with E-state index in [0.29, 0.717) is 12.1 Å². The molecule has 1 aromatic rings. The monoisotopic (exact) mass is 539 g/mol. The van der Waals surface area contributed by atoms with Crippen LogP contribution in [0.25, 0.3) is 0 Å². The zero-order chi connectivity index (χ0) is 27.3. The lowest BCUT2D eigenvalue weighted by molar-refractivity contribution is -0.451. The molecule has 196 valence electrons. The highest BCUT2D eigenvalue weighted by molar-refractivity contribution is 5.44. The van der Waals surface area contributed by atoms with Crippen LogP contribution in [0, 0.1) is 0 Å². The molecule has 0 saturated heterocycles. The van der Waals surface area contributed by atoms with Gasteiger partial charge in [0.15, 0.2) is 0 Å². The maximum absolute atomic E-state index is 13.6. The minimum Gasteiger partial charge on any atom is -0.430 e. The zero-order valence-corrected chi connectivity index (χ0v) is 15.2. The number of ether oxygens (including phenoxy) is 1. The molecular weight excluding hydrogens is 533 g/mol. The molecule has 0 saturated carbocycles. The predicted octanol–water partition coefficient (Wildman–Crippen LogP) is 7.13. The first-order valence-corrected chi connectivity index (χ1v) is 7.73. The number of nitrogen functional groups attached to an aromatic ring is 1. The molecule has 0 aliphatic rings. The van der Waals surface area contributed by atoms with E-state index >= 15 is 0 Å². The molecule has 0 atom stereocenters. The summed E-state index contributed by atoms with van der Waals surface area (Å²) in [6.07, 6.45) is -7.78. The van der Waals surface area contributed by atoms with Crippen molar-refractivity contribution in [2.24, 2.45) is 0 Å². The summed E-state index contributed by atoms with van der Waals surface area (Å²) in [5, 5.41) is 0. The lowest BCUT2D eigenvalue weighted by atomic mass is 9.91. The van der Waals surface area contributed by atoms with Crippen molar-refractivity contribution in [3.63, 3.8) is 0 Å². The predicted molar refractivity (Wildman–Crippen MR) is 76.5 cm³/mol. The summed E-state index contributed by atoms with van der Waals surface area (Å²) >= 11 is 0. The van der Waals surface area contributed by atoms with Gasteiger partial charge < -0.3 is 10.5 Å². The van der Waals surface area contributed by atoms with E-state index in [2.05, 4.69) is 4.74 Å². The lowest BCUT2D eigenvalue weighted by Crippen LogP contribution is -2.72. The van der Waals surface area contributed by atoms with Gasteiger partial charge in [0.1, 0.15) is 5.75 Å². The van der Waals surface area contributed by atoms with Gasteiger partial charge in [0, 0.05) is 11.8 Å². The Morgan fingerprint density at radius 3 is 1.44 bits per heavy atom. The molecule has 2 N–H and O–H groups in total. The molecule has 0 spiro atoms. The number of hydrogen-bond donors (Lipinski definition) is 1. The first-order chi connectivity index (χ1) is 14.8. The first-order valence-electron chi connectivity index (χ1n) is 7.73. The van der Waals surface area contributed by atoms with E-state index in [9.17, 15) is 74.6 Å². The van der Waals surface area contributed by atoms with E-state index in [-0.39, 0.29) is 5.69 Å². The SMILES string of the molecule is Nc1cccc(OC(F)=C(F)C(F)(F)C(F)(F)C(F)(F)C(F)(F)C(F)(F)C(F)(F)C(F)(F)F)c1. The quantitative estimate of drug-likeness (QED) is 0.217. The Kier molecular flexibility index (Phi) is 7.13. The van der Waals surface area contributed by atoms with Gasteiger partial charge in [-0.2, -0.15) is 74.6 Å².